The molecular formula is C18H27FN2O2. The topological polar surface area (TPSA) is 50.4 Å². The van der Waals surface area contributed by atoms with E-state index < -0.39 is 17.5 Å². The summed E-state index contributed by atoms with van der Waals surface area (Å²) in [6.07, 6.45) is 4.38. The van der Waals surface area contributed by atoms with Gasteiger partial charge in [-0.2, -0.15) is 0 Å². The Kier molecular flexibility index (Phi) is 5.50. The molecule has 1 unspecified atom stereocenters. The second-order valence-corrected chi connectivity index (χ2v) is 7.30. The molecule has 1 aliphatic rings. The first-order valence-corrected chi connectivity index (χ1v) is 8.31. The molecule has 4 nitrogen and oxygen atoms in total. The number of anilines is 2. The molecule has 1 aromatic carbocycles. The average Bonchev–Trinajstić information content (AvgIpc) is 2.94. The molecule has 0 heterocycles. The third-order valence-corrected chi connectivity index (χ3v) is 4.10. The Balaban J connectivity index is 2.01. The third-order valence-electron chi connectivity index (χ3n) is 4.10. The van der Waals surface area contributed by atoms with Crippen LogP contribution >= 0.6 is 0 Å². The Morgan fingerprint density at radius 1 is 1.30 bits per heavy atom. The van der Waals surface area contributed by atoms with E-state index in [-0.39, 0.29) is 5.69 Å². The standard InChI is InChI=1S/C18H27FN2O2/c1-12(13-7-5-6-8-13)20-14-9-10-15(19)16(11-14)21-17(22)23-18(2,3)4/h9-13,20H,5-8H2,1-4H3,(H,21,22). The van der Waals surface area contributed by atoms with Crippen molar-refractivity contribution >= 4 is 17.5 Å². The van der Waals surface area contributed by atoms with Gasteiger partial charge in [-0.25, -0.2) is 9.18 Å². The fourth-order valence-corrected chi connectivity index (χ4v) is 2.96. The van der Waals surface area contributed by atoms with Crippen molar-refractivity contribution in [2.75, 3.05) is 10.6 Å². The minimum absolute atomic E-state index is 0.128. The van der Waals surface area contributed by atoms with Gasteiger partial charge in [-0.15, -0.1) is 0 Å². The quantitative estimate of drug-likeness (QED) is 0.804. The summed E-state index contributed by atoms with van der Waals surface area (Å²) < 4.78 is 19.1. The van der Waals surface area contributed by atoms with E-state index in [1.165, 1.54) is 31.7 Å². The van der Waals surface area contributed by atoms with Gasteiger partial charge in [-0.1, -0.05) is 12.8 Å². The number of amides is 1. The van der Waals surface area contributed by atoms with Crippen molar-refractivity contribution in [2.45, 2.75) is 65.0 Å². The number of ether oxygens (including phenoxy) is 1. The maximum Gasteiger partial charge on any atom is 0.412 e. The number of halogens is 1. The van der Waals surface area contributed by atoms with E-state index in [0.29, 0.717) is 12.0 Å². The molecule has 1 amide bonds. The molecule has 0 radical (unpaired) electrons. The number of hydrogen-bond donors (Lipinski definition) is 2. The van der Waals surface area contributed by atoms with Crippen molar-refractivity contribution in [1.82, 2.24) is 0 Å². The molecule has 0 aromatic heterocycles. The Labute approximate surface area is 137 Å². The van der Waals surface area contributed by atoms with Crippen LogP contribution in [0.25, 0.3) is 0 Å². The second kappa shape index (κ2) is 7.20. The van der Waals surface area contributed by atoms with Crippen LogP contribution in [-0.4, -0.2) is 17.7 Å². The molecule has 0 aliphatic heterocycles. The molecule has 2 N–H and O–H groups in total. The van der Waals surface area contributed by atoms with Crippen molar-refractivity contribution in [3.8, 4) is 0 Å². The van der Waals surface area contributed by atoms with E-state index in [2.05, 4.69) is 17.6 Å². The fraction of sp³-hybridized carbons (Fsp3) is 0.611. The lowest BCUT2D eigenvalue weighted by molar-refractivity contribution is 0.0635. The van der Waals surface area contributed by atoms with Gasteiger partial charge in [0.25, 0.3) is 0 Å². The predicted molar refractivity (Wildman–Crippen MR) is 91.3 cm³/mol. The van der Waals surface area contributed by atoms with E-state index in [0.717, 1.165) is 5.69 Å². The zero-order valence-corrected chi connectivity index (χ0v) is 14.4. The van der Waals surface area contributed by atoms with Gasteiger partial charge in [0, 0.05) is 11.7 Å². The van der Waals surface area contributed by atoms with Gasteiger partial charge in [0.05, 0.1) is 5.69 Å². The van der Waals surface area contributed by atoms with Gasteiger partial charge in [0.15, 0.2) is 0 Å². The summed E-state index contributed by atoms with van der Waals surface area (Å²) in [4.78, 5) is 11.8. The summed E-state index contributed by atoms with van der Waals surface area (Å²) in [6.45, 7) is 7.46. The van der Waals surface area contributed by atoms with Crippen molar-refractivity contribution in [3.63, 3.8) is 0 Å². The second-order valence-electron chi connectivity index (χ2n) is 7.30. The Morgan fingerprint density at radius 3 is 2.57 bits per heavy atom. The summed E-state index contributed by atoms with van der Waals surface area (Å²) in [5.41, 5.74) is 0.313. The monoisotopic (exact) mass is 322 g/mol. The highest BCUT2D eigenvalue weighted by Gasteiger charge is 2.22. The number of carbonyl (C=O) groups excluding carboxylic acids is 1. The van der Waals surface area contributed by atoms with Gasteiger partial charge < -0.3 is 10.1 Å². The highest BCUT2D eigenvalue weighted by molar-refractivity contribution is 5.85. The molecule has 1 aromatic rings. The number of nitrogens with one attached hydrogen (secondary N) is 2. The van der Waals surface area contributed by atoms with Crippen LogP contribution in [0.4, 0.5) is 20.6 Å². The number of carbonyl (C=O) groups is 1. The summed E-state index contributed by atoms with van der Waals surface area (Å²) >= 11 is 0. The lowest BCUT2D eigenvalue weighted by atomic mass is 9.99. The lowest BCUT2D eigenvalue weighted by Crippen LogP contribution is -2.27. The van der Waals surface area contributed by atoms with Crippen LogP contribution in [0.1, 0.15) is 53.4 Å². The first-order valence-electron chi connectivity index (χ1n) is 8.31. The first-order chi connectivity index (χ1) is 10.7. The lowest BCUT2D eigenvalue weighted by Gasteiger charge is -2.22. The van der Waals surface area contributed by atoms with E-state index in [9.17, 15) is 9.18 Å². The molecule has 128 valence electrons. The summed E-state index contributed by atoms with van der Waals surface area (Å²) in [6, 6.07) is 5.00. The molecule has 23 heavy (non-hydrogen) atoms. The Morgan fingerprint density at radius 2 is 1.96 bits per heavy atom. The predicted octanol–water partition coefficient (Wildman–Crippen LogP) is 5.16. The maximum absolute atomic E-state index is 13.9. The van der Waals surface area contributed by atoms with Crippen LogP contribution in [0.2, 0.25) is 0 Å². The van der Waals surface area contributed by atoms with Crippen molar-refractivity contribution in [2.24, 2.45) is 5.92 Å². The maximum atomic E-state index is 13.9. The molecule has 0 saturated heterocycles. The van der Waals surface area contributed by atoms with Gasteiger partial charge in [0.2, 0.25) is 0 Å². The molecule has 1 saturated carbocycles. The number of rotatable bonds is 4. The molecule has 1 aliphatic carbocycles. The van der Waals surface area contributed by atoms with Crippen molar-refractivity contribution in [3.05, 3.63) is 24.0 Å². The smallest absolute Gasteiger partial charge is 0.412 e. The average molecular weight is 322 g/mol. The van der Waals surface area contributed by atoms with Gasteiger partial charge >= 0.3 is 6.09 Å². The number of benzene rings is 1. The molecule has 2 rings (SSSR count). The highest BCUT2D eigenvalue weighted by Crippen LogP contribution is 2.30. The Bertz CT molecular complexity index is 548. The largest absolute Gasteiger partial charge is 0.444 e. The van der Waals surface area contributed by atoms with Crippen LogP contribution in [0.15, 0.2) is 18.2 Å². The molecule has 1 atom stereocenters. The molecule has 0 bridgehead atoms. The SMILES string of the molecule is CC(Nc1ccc(F)c(NC(=O)OC(C)(C)C)c1)C1CCCC1. The fourth-order valence-electron chi connectivity index (χ4n) is 2.96. The van der Waals surface area contributed by atoms with Crippen LogP contribution in [-0.2, 0) is 4.74 Å². The van der Waals surface area contributed by atoms with E-state index in [4.69, 9.17) is 4.74 Å². The highest BCUT2D eigenvalue weighted by atomic mass is 19.1. The van der Waals surface area contributed by atoms with Gasteiger partial charge in [-0.3, -0.25) is 5.32 Å². The van der Waals surface area contributed by atoms with E-state index >= 15 is 0 Å². The van der Waals surface area contributed by atoms with Gasteiger partial charge in [0.1, 0.15) is 11.4 Å². The van der Waals surface area contributed by atoms with Gasteiger partial charge in [-0.05, 0) is 64.7 Å². The first kappa shape index (κ1) is 17.6. The Hall–Kier alpha value is -1.78. The van der Waals surface area contributed by atoms with Crippen LogP contribution in [0.5, 0.6) is 0 Å². The van der Waals surface area contributed by atoms with Crippen molar-refractivity contribution in [1.29, 1.82) is 0 Å². The van der Waals surface area contributed by atoms with Crippen LogP contribution in [0, 0.1) is 11.7 Å². The molecule has 1 fully saturated rings. The summed E-state index contributed by atoms with van der Waals surface area (Å²) in [7, 11) is 0. The molecule has 0 spiro atoms. The van der Waals surface area contributed by atoms with Crippen molar-refractivity contribution < 1.29 is 13.9 Å². The minimum atomic E-state index is -0.655. The normalized spacial score (nSPS) is 16.9. The zero-order valence-electron chi connectivity index (χ0n) is 14.4. The summed E-state index contributed by atoms with van der Waals surface area (Å²) in [5.74, 6) is 0.178. The number of hydrogen-bond acceptors (Lipinski definition) is 3. The minimum Gasteiger partial charge on any atom is -0.444 e. The van der Waals surface area contributed by atoms with Crippen LogP contribution < -0.4 is 10.6 Å². The molecular weight excluding hydrogens is 295 g/mol. The summed E-state index contributed by atoms with van der Waals surface area (Å²) in [5, 5.41) is 5.89. The third kappa shape index (κ3) is 5.41. The van der Waals surface area contributed by atoms with E-state index in [1.54, 1.807) is 32.9 Å². The molecule has 5 heteroatoms. The van der Waals surface area contributed by atoms with E-state index in [1.807, 2.05) is 0 Å². The zero-order chi connectivity index (χ0) is 17.0. The van der Waals surface area contributed by atoms with Crippen LogP contribution in [0.3, 0.4) is 0 Å².